The van der Waals surface area contributed by atoms with Crippen LogP contribution in [0.2, 0.25) is 0 Å². The van der Waals surface area contributed by atoms with Gasteiger partial charge in [-0.05, 0) is 0 Å². The first-order valence-corrected chi connectivity index (χ1v) is 3.43. The first-order valence-electron chi connectivity index (χ1n) is 3.43. The summed E-state index contributed by atoms with van der Waals surface area (Å²) in [4.78, 5) is 20.7. The van der Waals surface area contributed by atoms with E-state index < -0.39 is 37.3 Å². The van der Waals surface area contributed by atoms with Crippen molar-refractivity contribution >= 4 is 11.9 Å². The van der Waals surface area contributed by atoms with Crippen LogP contribution >= 0.6 is 0 Å². The molecule has 1 unspecified atom stereocenters. The number of rotatable bonds is 5. The predicted molar refractivity (Wildman–Crippen MR) is 39.7 cm³/mol. The Morgan fingerprint density at radius 1 is 1.46 bits per heavy atom. The smallest absolute Gasteiger partial charge is 0.337 e. The Balaban J connectivity index is 3.76. The third-order valence-corrected chi connectivity index (χ3v) is 1.17. The lowest BCUT2D eigenvalue weighted by Gasteiger charge is -2.09. The summed E-state index contributed by atoms with van der Waals surface area (Å²) in [6.07, 6.45) is -1.65. The topological polar surface area (TPSA) is 130 Å². The highest BCUT2D eigenvalue weighted by molar-refractivity contribution is 5.76. The van der Waals surface area contributed by atoms with Crippen molar-refractivity contribution in [3.63, 3.8) is 0 Å². The van der Waals surface area contributed by atoms with Gasteiger partial charge in [-0.15, -0.1) is 0 Å². The largest absolute Gasteiger partial charge is 0.480 e. The summed E-state index contributed by atoms with van der Waals surface area (Å²) in [5, 5.41) is 25.2. The minimum atomic E-state index is -1.65. The fourth-order valence-corrected chi connectivity index (χ4v) is 0.414. The molecule has 0 rings (SSSR count). The molecule has 0 aromatic rings. The van der Waals surface area contributed by atoms with Crippen molar-refractivity contribution in [1.82, 2.24) is 0 Å². The number of ether oxygens (including phenoxy) is 1. The van der Waals surface area contributed by atoms with Gasteiger partial charge in [-0.3, -0.25) is 4.79 Å². The molecule has 0 radical (unpaired) electrons. The van der Waals surface area contributed by atoms with E-state index in [0.717, 1.165) is 0 Å². The molecule has 0 saturated carbocycles. The van der Waals surface area contributed by atoms with Crippen LogP contribution in [0.3, 0.4) is 0 Å². The summed E-state index contributed by atoms with van der Waals surface area (Å²) < 4.78 is 4.26. The Labute approximate surface area is 73.7 Å². The highest BCUT2D eigenvalue weighted by atomic mass is 16.5. The zero-order valence-electron chi connectivity index (χ0n) is 6.71. The number of esters is 1. The lowest BCUT2D eigenvalue weighted by molar-refractivity contribution is -0.157. The molecule has 0 aromatic carbocycles. The van der Waals surface area contributed by atoms with Gasteiger partial charge in [-0.1, -0.05) is 0 Å². The van der Waals surface area contributed by atoms with Gasteiger partial charge >= 0.3 is 11.9 Å². The minimum absolute atomic E-state index is 0.536. The minimum Gasteiger partial charge on any atom is -0.480 e. The number of aliphatic hydroxyl groups excluding tert-OH is 2. The highest BCUT2D eigenvalue weighted by Crippen LogP contribution is 1.89. The number of aliphatic hydroxyl groups is 2. The molecule has 0 aliphatic rings. The molecule has 0 aliphatic heterocycles. The first-order chi connectivity index (χ1) is 5.99. The Bertz CT molecular complexity index is 194. The number of carboxylic acids is 1. The summed E-state index contributed by atoms with van der Waals surface area (Å²) >= 11 is 0. The molecule has 5 N–H and O–H groups in total. The van der Waals surface area contributed by atoms with Gasteiger partial charge in [0.2, 0.25) is 0 Å². The Hall–Kier alpha value is -1.18. The average molecular weight is 193 g/mol. The molecule has 13 heavy (non-hydrogen) atoms. The predicted octanol–water partition coefficient (Wildman–Crippen LogP) is -2.71. The quantitative estimate of drug-likeness (QED) is 0.349. The first kappa shape index (κ1) is 11.8. The second kappa shape index (κ2) is 5.46. The number of hydrogen-bond donors (Lipinski definition) is 4. The molecule has 7 heteroatoms. The molecule has 0 heterocycles. The number of carbonyl (C=O) groups is 2. The maximum Gasteiger partial charge on any atom is 0.337 e. The van der Waals surface area contributed by atoms with Crippen LogP contribution in [0.5, 0.6) is 0 Å². The van der Waals surface area contributed by atoms with E-state index in [0.29, 0.717) is 0 Å². The molecular formula is C6H11NO6. The van der Waals surface area contributed by atoms with Crippen LogP contribution in [-0.4, -0.2) is 52.6 Å². The summed E-state index contributed by atoms with van der Waals surface area (Å²) in [5.41, 5.74) is 4.99. The lowest BCUT2D eigenvalue weighted by Crippen LogP contribution is -2.38. The van der Waals surface area contributed by atoms with E-state index in [4.69, 9.17) is 21.1 Å². The van der Waals surface area contributed by atoms with Gasteiger partial charge in [0.15, 0.2) is 6.10 Å². The number of hydrogen-bond acceptors (Lipinski definition) is 6. The molecule has 7 nitrogen and oxygen atoms in total. The monoisotopic (exact) mass is 193 g/mol. The molecular weight excluding hydrogens is 182 g/mol. The average Bonchev–Trinajstić information content (AvgIpc) is 2.11. The fraction of sp³-hybridized carbons (Fsp3) is 0.667. The highest BCUT2D eigenvalue weighted by Gasteiger charge is 2.18. The van der Waals surface area contributed by atoms with Gasteiger partial charge in [-0.2, -0.15) is 0 Å². The lowest BCUT2D eigenvalue weighted by atomic mass is 10.3. The summed E-state index contributed by atoms with van der Waals surface area (Å²) in [5.74, 6) is -2.41. The number of aliphatic carboxylic acids is 1. The van der Waals surface area contributed by atoms with E-state index >= 15 is 0 Å². The van der Waals surface area contributed by atoms with Crippen molar-refractivity contribution < 1.29 is 29.6 Å². The Kier molecular flexibility index (Phi) is 4.97. The fourth-order valence-electron chi connectivity index (χ4n) is 0.414. The second-order valence-electron chi connectivity index (χ2n) is 2.27. The molecule has 0 saturated heterocycles. The van der Waals surface area contributed by atoms with Crippen LogP contribution in [0.25, 0.3) is 0 Å². The maximum absolute atomic E-state index is 10.6. The number of carbonyl (C=O) groups excluding carboxylic acids is 1. The number of nitrogens with two attached hydrogens (primary N) is 1. The van der Waals surface area contributed by atoms with E-state index in [1.807, 2.05) is 0 Å². The zero-order valence-corrected chi connectivity index (χ0v) is 6.71. The van der Waals surface area contributed by atoms with Crippen LogP contribution in [0.1, 0.15) is 0 Å². The molecule has 0 spiro atoms. The van der Waals surface area contributed by atoms with E-state index in [9.17, 15) is 9.59 Å². The van der Waals surface area contributed by atoms with Crippen LogP contribution in [0.4, 0.5) is 0 Å². The van der Waals surface area contributed by atoms with E-state index in [1.165, 1.54) is 0 Å². The third-order valence-electron chi connectivity index (χ3n) is 1.17. The molecule has 0 aliphatic carbocycles. The summed E-state index contributed by atoms with van der Waals surface area (Å²) in [7, 11) is 0. The Morgan fingerprint density at radius 2 is 2.00 bits per heavy atom. The molecule has 0 fully saturated rings. The van der Waals surface area contributed by atoms with Crippen LogP contribution < -0.4 is 5.73 Å². The molecule has 76 valence electrons. The van der Waals surface area contributed by atoms with Gasteiger partial charge in [0.25, 0.3) is 0 Å². The van der Waals surface area contributed by atoms with Gasteiger partial charge < -0.3 is 25.8 Å². The SMILES string of the molecule is N[C@@H](COC(=O)C(O)CO)C(=O)O. The van der Waals surface area contributed by atoms with Crippen molar-refractivity contribution in [2.75, 3.05) is 13.2 Å². The van der Waals surface area contributed by atoms with Crippen LogP contribution in [-0.2, 0) is 14.3 Å². The zero-order chi connectivity index (χ0) is 10.4. The van der Waals surface area contributed by atoms with E-state index in [-0.39, 0.29) is 0 Å². The Morgan fingerprint density at radius 3 is 2.38 bits per heavy atom. The molecule has 0 bridgehead atoms. The second-order valence-corrected chi connectivity index (χ2v) is 2.27. The van der Waals surface area contributed by atoms with E-state index in [2.05, 4.69) is 4.74 Å². The molecule has 0 aromatic heterocycles. The standard InChI is InChI=1S/C6H11NO6/c7-3(5(10)11)2-13-6(12)4(9)1-8/h3-4,8-9H,1-2,7H2,(H,10,11)/t3-,4?/m0/s1. The van der Waals surface area contributed by atoms with Crippen molar-refractivity contribution in [3.8, 4) is 0 Å². The van der Waals surface area contributed by atoms with Crippen molar-refractivity contribution in [2.24, 2.45) is 5.73 Å². The van der Waals surface area contributed by atoms with Gasteiger partial charge in [0, 0.05) is 0 Å². The molecule has 0 amide bonds. The van der Waals surface area contributed by atoms with Crippen molar-refractivity contribution in [2.45, 2.75) is 12.1 Å². The van der Waals surface area contributed by atoms with Gasteiger partial charge in [0.05, 0.1) is 6.61 Å². The van der Waals surface area contributed by atoms with Crippen molar-refractivity contribution in [3.05, 3.63) is 0 Å². The van der Waals surface area contributed by atoms with E-state index in [1.54, 1.807) is 0 Å². The van der Waals surface area contributed by atoms with Crippen molar-refractivity contribution in [1.29, 1.82) is 0 Å². The molecule has 2 atom stereocenters. The third kappa shape index (κ3) is 4.41. The van der Waals surface area contributed by atoms with Crippen LogP contribution in [0.15, 0.2) is 0 Å². The normalized spacial score (nSPS) is 14.7. The van der Waals surface area contributed by atoms with Crippen LogP contribution in [0, 0.1) is 0 Å². The summed E-state index contributed by atoms with van der Waals surface area (Å²) in [6.45, 7) is -1.31. The van der Waals surface area contributed by atoms with Gasteiger partial charge in [0.1, 0.15) is 12.6 Å². The maximum atomic E-state index is 10.6. The van der Waals surface area contributed by atoms with Gasteiger partial charge in [-0.25, -0.2) is 4.79 Å². The number of carboxylic acid groups (broad SMARTS) is 1. The summed E-state index contributed by atoms with van der Waals surface area (Å²) in [6, 6.07) is -1.32.